The molecule has 0 radical (unpaired) electrons. The van der Waals surface area contributed by atoms with Gasteiger partial charge in [0.1, 0.15) is 5.75 Å². The molecule has 2 aromatic carbocycles. The van der Waals surface area contributed by atoms with Crippen molar-refractivity contribution in [3.63, 3.8) is 0 Å². The molecule has 0 aliphatic rings. The Kier molecular flexibility index (Phi) is 5.01. The predicted octanol–water partition coefficient (Wildman–Crippen LogP) is 3.69. The number of hydrogen-bond donors (Lipinski definition) is 2. The monoisotopic (exact) mass is 319 g/mol. The van der Waals surface area contributed by atoms with Gasteiger partial charge in [0.25, 0.3) is 5.91 Å². The molecule has 0 atom stereocenters. The molecule has 2 rings (SSSR count). The van der Waals surface area contributed by atoms with Gasteiger partial charge in [0, 0.05) is 10.7 Å². The lowest BCUT2D eigenvalue weighted by Crippen LogP contribution is -2.13. The fourth-order valence-corrected chi connectivity index (χ4v) is 2.02. The molecule has 5 nitrogen and oxygen atoms in total. The van der Waals surface area contributed by atoms with Crippen molar-refractivity contribution in [3.8, 4) is 5.75 Å². The highest BCUT2D eigenvalue weighted by Gasteiger charge is 2.13. The predicted molar refractivity (Wildman–Crippen MR) is 84.0 cm³/mol. The highest BCUT2D eigenvalue weighted by Crippen LogP contribution is 2.24. The van der Waals surface area contributed by atoms with Gasteiger partial charge in [-0.2, -0.15) is 0 Å². The summed E-state index contributed by atoms with van der Waals surface area (Å²) in [5.74, 6) is -0.980. The molecule has 0 fully saturated rings. The highest BCUT2D eigenvalue weighted by molar-refractivity contribution is 6.31. The van der Waals surface area contributed by atoms with E-state index < -0.39 is 5.97 Å². The van der Waals surface area contributed by atoms with Gasteiger partial charge in [-0.25, -0.2) is 4.79 Å². The van der Waals surface area contributed by atoms with Crippen LogP contribution in [0.4, 0.5) is 5.69 Å². The lowest BCUT2D eigenvalue weighted by Gasteiger charge is -2.11. The Bertz CT molecular complexity index is 698. The third-order valence-electron chi connectivity index (χ3n) is 2.88. The number of benzene rings is 2. The molecule has 114 valence electrons. The summed E-state index contributed by atoms with van der Waals surface area (Å²) in [6.45, 7) is 2.22. The zero-order valence-corrected chi connectivity index (χ0v) is 12.6. The molecule has 0 aliphatic carbocycles. The van der Waals surface area contributed by atoms with Crippen molar-refractivity contribution in [2.45, 2.75) is 6.92 Å². The second-order valence-electron chi connectivity index (χ2n) is 4.41. The van der Waals surface area contributed by atoms with E-state index in [2.05, 4.69) is 5.32 Å². The van der Waals surface area contributed by atoms with Crippen LogP contribution in [0.25, 0.3) is 0 Å². The number of rotatable bonds is 5. The Balaban J connectivity index is 2.20. The standard InChI is InChI=1S/C16H14ClNO4/c1-2-22-14-9-11(17)5-8-13(14)15(19)18-12-6-3-10(4-7-12)16(20)21/h3-9H,2H2,1H3,(H,18,19)(H,20,21). The number of carboxylic acid groups (broad SMARTS) is 1. The van der Waals surface area contributed by atoms with Gasteiger partial charge in [-0.15, -0.1) is 0 Å². The van der Waals surface area contributed by atoms with E-state index in [-0.39, 0.29) is 11.5 Å². The van der Waals surface area contributed by atoms with Gasteiger partial charge in [0.15, 0.2) is 0 Å². The minimum atomic E-state index is -1.02. The molecule has 22 heavy (non-hydrogen) atoms. The molecule has 2 N–H and O–H groups in total. The first kappa shape index (κ1) is 15.9. The van der Waals surface area contributed by atoms with E-state index in [4.69, 9.17) is 21.4 Å². The zero-order valence-electron chi connectivity index (χ0n) is 11.8. The van der Waals surface area contributed by atoms with Crippen molar-refractivity contribution in [1.29, 1.82) is 0 Å². The summed E-state index contributed by atoms with van der Waals surface area (Å²) >= 11 is 5.90. The molecular formula is C16H14ClNO4. The molecular weight excluding hydrogens is 306 g/mol. The maximum absolute atomic E-state index is 12.3. The number of nitrogens with one attached hydrogen (secondary N) is 1. The van der Waals surface area contributed by atoms with Gasteiger partial charge < -0.3 is 15.2 Å². The van der Waals surface area contributed by atoms with Crippen LogP contribution in [-0.4, -0.2) is 23.6 Å². The number of ether oxygens (including phenoxy) is 1. The zero-order chi connectivity index (χ0) is 16.1. The average molecular weight is 320 g/mol. The van der Waals surface area contributed by atoms with E-state index in [1.807, 2.05) is 6.92 Å². The van der Waals surface area contributed by atoms with Crippen LogP contribution in [0, 0.1) is 0 Å². The Morgan fingerprint density at radius 1 is 1.18 bits per heavy atom. The molecule has 0 aliphatic heterocycles. The molecule has 0 spiro atoms. The number of halogens is 1. The van der Waals surface area contributed by atoms with Crippen LogP contribution in [-0.2, 0) is 0 Å². The minimum absolute atomic E-state index is 0.152. The highest BCUT2D eigenvalue weighted by atomic mass is 35.5. The van der Waals surface area contributed by atoms with Crippen LogP contribution in [0.1, 0.15) is 27.6 Å². The van der Waals surface area contributed by atoms with Gasteiger partial charge in [-0.05, 0) is 49.4 Å². The topological polar surface area (TPSA) is 75.6 Å². The number of carbonyl (C=O) groups excluding carboxylic acids is 1. The summed E-state index contributed by atoms with van der Waals surface area (Å²) in [6.07, 6.45) is 0. The fraction of sp³-hybridized carbons (Fsp3) is 0.125. The van der Waals surface area contributed by atoms with E-state index in [9.17, 15) is 9.59 Å². The van der Waals surface area contributed by atoms with E-state index in [1.54, 1.807) is 18.2 Å². The van der Waals surface area contributed by atoms with Gasteiger partial charge in [-0.3, -0.25) is 4.79 Å². The number of hydrogen-bond acceptors (Lipinski definition) is 3. The summed E-state index contributed by atoms with van der Waals surface area (Å²) in [4.78, 5) is 23.1. The van der Waals surface area contributed by atoms with Crippen LogP contribution in [0.5, 0.6) is 5.75 Å². The maximum atomic E-state index is 12.3. The van der Waals surface area contributed by atoms with Crippen LogP contribution >= 0.6 is 11.6 Å². The van der Waals surface area contributed by atoms with E-state index in [1.165, 1.54) is 24.3 Å². The Labute approximate surface area is 132 Å². The van der Waals surface area contributed by atoms with E-state index in [0.29, 0.717) is 28.6 Å². The summed E-state index contributed by atoms with van der Waals surface area (Å²) < 4.78 is 5.40. The van der Waals surface area contributed by atoms with Crippen molar-refractivity contribution in [3.05, 3.63) is 58.6 Å². The molecule has 0 unspecified atom stereocenters. The lowest BCUT2D eigenvalue weighted by molar-refractivity contribution is 0.0696. The van der Waals surface area contributed by atoms with Gasteiger partial charge >= 0.3 is 5.97 Å². The second-order valence-corrected chi connectivity index (χ2v) is 4.85. The van der Waals surface area contributed by atoms with Crippen molar-refractivity contribution in [2.75, 3.05) is 11.9 Å². The molecule has 0 aromatic heterocycles. The maximum Gasteiger partial charge on any atom is 0.335 e. The molecule has 0 saturated heterocycles. The van der Waals surface area contributed by atoms with Crippen molar-refractivity contribution in [1.82, 2.24) is 0 Å². The first-order valence-corrected chi connectivity index (χ1v) is 6.96. The van der Waals surface area contributed by atoms with Gasteiger partial charge in [0.2, 0.25) is 0 Å². The van der Waals surface area contributed by atoms with Crippen molar-refractivity contribution in [2.24, 2.45) is 0 Å². The summed E-state index contributed by atoms with van der Waals surface area (Å²) in [5, 5.41) is 12.0. The Morgan fingerprint density at radius 2 is 1.86 bits per heavy atom. The summed E-state index contributed by atoms with van der Waals surface area (Å²) in [5.41, 5.74) is 1.00. The molecule has 0 heterocycles. The Morgan fingerprint density at radius 3 is 2.45 bits per heavy atom. The largest absolute Gasteiger partial charge is 0.493 e. The van der Waals surface area contributed by atoms with E-state index >= 15 is 0 Å². The van der Waals surface area contributed by atoms with Crippen LogP contribution in [0.15, 0.2) is 42.5 Å². The number of anilines is 1. The number of aromatic carboxylic acids is 1. The normalized spacial score (nSPS) is 10.1. The van der Waals surface area contributed by atoms with Crippen LogP contribution in [0.2, 0.25) is 5.02 Å². The molecule has 0 saturated carbocycles. The molecule has 2 aromatic rings. The number of carbonyl (C=O) groups is 2. The second kappa shape index (κ2) is 6.95. The SMILES string of the molecule is CCOc1cc(Cl)ccc1C(=O)Nc1ccc(C(=O)O)cc1. The third-order valence-corrected chi connectivity index (χ3v) is 3.11. The van der Waals surface area contributed by atoms with Crippen LogP contribution < -0.4 is 10.1 Å². The van der Waals surface area contributed by atoms with E-state index in [0.717, 1.165) is 0 Å². The molecule has 1 amide bonds. The third kappa shape index (κ3) is 3.77. The minimum Gasteiger partial charge on any atom is -0.493 e. The van der Waals surface area contributed by atoms with Crippen molar-refractivity contribution >= 4 is 29.2 Å². The van der Waals surface area contributed by atoms with Crippen molar-refractivity contribution < 1.29 is 19.4 Å². The first-order chi connectivity index (χ1) is 10.5. The quantitative estimate of drug-likeness (QED) is 0.881. The molecule has 6 heteroatoms. The lowest BCUT2D eigenvalue weighted by atomic mass is 10.1. The first-order valence-electron chi connectivity index (χ1n) is 6.58. The van der Waals surface area contributed by atoms with Crippen LogP contribution in [0.3, 0.4) is 0 Å². The fourth-order valence-electron chi connectivity index (χ4n) is 1.85. The summed E-state index contributed by atoms with van der Waals surface area (Å²) in [6, 6.07) is 10.6. The van der Waals surface area contributed by atoms with Gasteiger partial charge in [-0.1, -0.05) is 11.6 Å². The van der Waals surface area contributed by atoms with Gasteiger partial charge in [0.05, 0.1) is 17.7 Å². The number of carboxylic acids is 1. The Hall–Kier alpha value is -2.53. The smallest absolute Gasteiger partial charge is 0.335 e. The number of amides is 1. The molecule has 0 bridgehead atoms. The average Bonchev–Trinajstić information content (AvgIpc) is 2.48. The summed E-state index contributed by atoms with van der Waals surface area (Å²) in [7, 11) is 0.